The van der Waals surface area contributed by atoms with Gasteiger partial charge in [-0.3, -0.25) is 14.5 Å². The van der Waals surface area contributed by atoms with E-state index in [9.17, 15) is 9.59 Å². The number of nitrogens with one attached hydrogen (secondary N) is 2. The summed E-state index contributed by atoms with van der Waals surface area (Å²) in [5.41, 5.74) is 2.49. The monoisotopic (exact) mass is 353 g/mol. The fourth-order valence-corrected chi connectivity index (χ4v) is 2.72. The highest BCUT2D eigenvalue weighted by molar-refractivity contribution is 5.97. The van der Waals surface area contributed by atoms with E-state index >= 15 is 0 Å². The average molecular weight is 353 g/mol. The van der Waals surface area contributed by atoms with Gasteiger partial charge in [0.15, 0.2) is 0 Å². The number of carbonyl (C=O) groups excluding carboxylic acids is 2. The molecule has 0 atom stereocenters. The zero-order chi connectivity index (χ0) is 18.8. The number of anilines is 1. The third-order valence-corrected chi connectivity index (χ3v) is 4.01. The van der Waals surface area contributed by atoms with Crippen LogP contribution in [0, 0.1) is 0 Å². The van der Waals surface area contributed by atoms with E-state index < -0.39 is 0 Å². The first kappa shape index (κ1) is 19.7. The minimum absolute atomic E-state index is 0.0831. The Hall–Kier alpha value is -2.66. The summed E-state index contributed by atoms with van der Waals surface area (Å²) < 4.78 is 0. The highest BCUT2D eigenvalue weighted by Gasteiger charge is 2.09. The third kappa shape index (κ3) is 6.69. The van der Waals surface area contributed by atoms with Crippen LogP contribution >= 0.6 is 0 Å². The van der Waals surface area contributed by atoms with Gasteiger partial charge in [0, 0.05) is 17.8 Å². The minimum Gasteiger partial charge on any atom is -0.352 e. The lowest BCUT2D eigenvalue weighted by atomic mass is 10.1. The summed E-state index contributed by atoms with van der Waals surface area (Å²) in [6.45, 7) is 3.61. The number of hydrogen-bond donors (Lipinski definition) is 2. The topological polar surface area (TPSA) is 61.4 Å². The lowest BCUT2D eigenvalue weighted by Gasteiger charge is -2.16. The van der Waals surface area contributed by atoms with Crippen LogP contribution in [0.1, 0.15) is 29.3 Å². The maximum absolute atomic E-state index is 12.2. The SMILES string of the molecule is CCNC(=O)c1cccc(NC(=O)CN(C)CCCc2ccccc2)c1. The van der Waals surface area contributed by atoms with Gasteiger partial charge in [-0.2, -0.15) is 0 Å². The molecule has 2 N–H and O–H groups in total. The molecule has 5 nitrogen and oxygen atoms in total. The summed E-state index contributed by atoms with van der Waals surface area (Å²) in [6, 6.07) is 17.3. The lowest BCUT2D eigenvalue weighted by Crippen LogP contribution is -2.31. The normalized spacial score (nSPS) is 10.6. The molecule has 5 heteroatoms. The van der Waals surface area contributed by atoms with Crippen LogP contribution in [0.15, 0.2) is 54.6 Å². The molecule has 26 heavy (non-hydrogen) atoms. The van der Waals surface area contributed by atoms with Gasteiger partial charge < -0.3 is 10.6 Å². The largest absolute Gasteiger partial charge is 0.352 e. The molecule has 0 bridgehead atoms. The molecular formula is C21H27N3O2. The van der Waals surface area contributed by atoms with E-state index in [4.69, 9.17) is 0 Å². The second-order valence-electron chi connectivity index (χ2n) is 6.32. The van der Waals surface area contributed by atoms with Crippen LogP contribution in [-0.4, -0.2) is 43.4 Å². The summed E-state index contributed by atoms with van der Waals surface area (Å²) in [5, 5.41) is 5.61. The van der Waals surface area contributed by atoms with Crippen molar-refractivity contribution in [1.82, 2.24) is 10.2 Å². The molecule has 2 aromatic carbocycles. The molecule has 0 radical (unpaired) electrons. The molecule has 138 valence electrons. The molecule has 0 spiro atoms. The van der Waals surface area contributed by atoms with Crippen LogP contribution in [0.5, 0.6) is 0 Å². The molecule has 0 aromatic heterocycles. The Balaban J connectivity index is 1.77. The fraction of sp³-hybridized carbons (Fsp3) is 0.333. The first-order valence-corrected chi connectivity index (χ1v) is 8.99. The van der Waals surface area contributed by atoms with Gasteiger partial charge in [-0.15, -0.1) is 0 Å². The van der Waals surface area contributed by atoms with Crippen molar-refractivity contribution in [1.29, 1.82) is 0 Å². The second kappa shape index (κ2) is 10.4. The lowest BCUT2D eigenvalue weighted by molar-refractivity contribution is -0.117. The highest BCUT2D eigenvalue weighted by atomic mass is 16.2. The number of carbonyl (C=O) groups is 2. The highest BCUT2D eigenvalue weighted by Crippen LogP contribution is 2.11. The number of rotatable bonds is 9. The van der Waals surface area contributed by atoms with E-state index in [0.29, 0.717) is 24.3 Å². The van der Waals surface area contributed by atoms with Gasteiger partial charge in [0.1, 0.15) is 0 Å². The van der Waals surface area contributed by atoms with Crippen molar-refractivity contribution in [2.75, 3.05) is 32.0 Å². The quantitative estimate of drug-likeness (QED) is 0.729. The summed E-state index contributed by atoms with van der Waals surface area (Å²) in [5.74, 6) is -0.220. The van der Waals surface area contributed by atoms with E-state index in [2.05, 4.69) is 22.8 Å². The van der Waals surface area contributed by atoms with E-state index in [-0.39, 0.29) is 11.8 Å². The minimum atomic E-state index is -0.137. The third-order valence-electron chi connectivity index (χ3n) is 4.01. The summed E-state index contributed by atoms with van der Waals surface area (Å²) in [7, 11) is 1.94. The van der Waals surface area contributed by atoms with Gasteiger partial charge in [-0.05, 0) is 57.1 Å². The summed E-state index contributed by atoms with van der Waals surface area (Å²) in [4.78, 5) is 26.1. The molecule has 2 rings (SSSR count). The Morgan fingerprint density at radius 2 is 1.81 bits per heavy atom. The summed E-state index contributed by atoms with van der Waals surface area (Å²) >= 11 is 0. The van der Waals surface area contributed by atoms with Crippen LogP contribution in [0.25, 0.3) is 0 Å². The van der Waals surface area contributed by atoms with Crippen LogP contribution in [0.4, 0.5) is 5.69 Å². The predicted molar refractivity (Wildman–Crippen MR) is 105 cm³/mol. The number of amides is 2. The molecule has 0 aliphatic heterocycles. The van der Waals surface area contributed by atoms with Crippen molar-refractivity contribution in [2.24, 2.45) is 0 Å². The van der Waals surface area contributed by atoms with Crippen molar-refractivity contribution in [3.63, 3.8) is 0 Å². The predicted octanol–water partition coefficient (Wildman–Crippen LogP) is 2.94. The van der Waals surface area contributed by atoms with Crippen LogP contribution in [-0.2, 0) is 11.2 Å². The molecule has 0 saturated carbocycles. The second-order valence-corrected chi connectivity index (χ2v) is 6.32. The molecule has 2 amide bonds. The van der Waals surface area contributed by atoms with E-state index in [1.807, 2.05) is 37.1 Å². The first-order valence-electron chi connectivity index (χ1n) is 8.99. The summed E-state index contributed by atoms with van der Waals surface area (Å²) in [6.07, 6.45) is 2.00. The van der Waals surface area contributed by atoms with Gasteiger partial charge >= 0.3 is 0 Å². The molecule has 0 aliphatic carbocycles. The van der Waals surface area contributed by atoms with E-state index in [1.54, 1.807) is 24.3 Å². The maximum Gasteiger partial charge on any atom is 0.251 e. The van der Waals surface area contributed by atoms with Gasteiger partial charge in [0.25, 0.3) is 5.91 Å². The van der Waals surface area contributed by atoms with Gasteiger partial charge in [0.05, 0.1) is 6.54 Å². The smallest absolute Gasteiger partial charge is 0.251 e. The number of nitrogens with zero attached hydrogens (tertiary/aromatic N) is 1. The molecule has 0 aliphatic rings. The van der Waals surface area contributed by atoms with Gasteiger partial charge in [-0.1, -0.05) is 36.4 Å². The first-order chi connectivity index (χ1) is 12.6. The van der Waals surface area contributed by atoms with Crippen molar-refractivity contribution in [3.05, 3.63) is 65.7 Å². The van der Waals surface area contributed by atoms with Crippen molar-refractivity contribution in [3.8, 4) is 0 Å². The van der Waals surface area contributed by atoms with E-state index in [1.165, 1.54) is 5.56 Å². The van der Waals surface area contributed by atoms with Crippen LogP contribution < -0.4 is 10.6 Å². The Kier molecular flexibility index (Phi) is 7.83. The number of hydrogen-bond acceptors (Lipinski definition) is 3. The van der Waals surface area contributed by atoms with Crippen LogP contribution in [0.2, 0.25) is 0 Å². The Morgan fingerprint density at radius 1 is 1.04 bits per heavy atom. The standard InChI is InChI=1S/C21H27N3O2/c1-3-22-21(26)18-12-7-13-19(15-18)23-20(25)16-24(2)14-8-11-17-9-5-4-6-10-17/h4-7,9-10,12-13,15H,3,8,11,14,16H2,1-2H3,(H,22,26)(H,23,25). The van der Waals surface area contributed by atoms with Gasteiger partial charge in [0.2, 0.25) is 5.91 Å². The Labute approximate surface area is 155 Å². The van der Waals surface area contributed by atoms with Crippen LogP contribution in [0.3, 0.4) is 0 Å². The molecule has 0 heterocycles. The Morgan fingerprint density at radius 3 is 2.54 bits per heavy atom. The number of aryl methyl sites for hydroxylation is 1. The molecule has 2 aromatic rings. The maximum atomic E-state index is 12.2. The number of likely N-dealkylation sites (N-methyl/N-ethyl adjacent to an activating group) is 1. The molecule has 0 unspecified atom stereocenters. The Bertz CT molecular complexity index is 716. The van der Waals surface area contributed by atoms with E-state index in [0.717, 1.165) is 19.4 Å². The molecular weight excluding hydrogens is 326 g/mol. The molecule has 0 fully saturated rings. The van der Waals surface area contributed by atoms with Crippen molar-refractivity contribution >= 4 is 17.5 Å². The van der Waals surface area contributed by atoms with Crippen molar-refractivity contribution < 1.29 is 9.59 Å². The number of benzene rings is 2. The fourth-order valence-electron chi connectivity index (χ4n) is 2.72. The molecule has 0 saturated heterocycles. The zero-order valence-corrected chi connectivity index (χ0v) is 15.5. The van der Waals surface area contributed by atoms with Crippen molar-refractivity contribution in [2.45, 2.75) is 19.8 Å². The average Bonchev–Trinajstić information content (AvgIpc) is 2.63. The van der Waals surface area contributed by atoms with Gasteiger partial charge in [-0.25, -0.2) is 0 Å². The zero-order valence-electron chi connectivity index (χ0n) is 15.5.